The molecule has 1 fully saturated rings. The van der Waals surface area contributed by atoms with Crippen molar-refractivity contribution < 1.29 is 9.90 Å². The summed E-state index contributed by atoms with van der Waals surface area (Å²) < 4.78 is 3.00. The fourth-order valence-corrected chi connectivity index (χ4v) is 5.51. The topological polar surface area (TPSA) is 96.5 Å². The number of anilines is 1. The van der Waals surface area contributed by atoms with Crippen LogP contribution in [0.15, 0.2) is 65.8 Å². The average molecular weight is 499 g/mol. The molecule has 0 unspecified atom stereocenters. The number of amides is 1. The highest BCUT2D eigenvalue weighted by Crippen LogP contribution is 2.28. The summed E-state index contributed by atoms with van der Waals surface area (Å²) in [5.41, 5.74) is 3.62. The van der Waals surface area contributed by atoms with E-state index in [2.05, 4.69) is 45.3 Å². The lowest BCUT2D eigenvalue weighted by molar-refractivity contribution is -0.0299. The Labute approximate surface area is 214 Å². The molecular formula is C28H30N6O3. The van der Waals surface area contributed by atoms with Gasteiger partial charge in [-0.25, -0.2) is 4.98 Å². The van der Waals surface area contributed by atoms with Gasteiger partial charge in [0, 0.05) is 44.5 Å². The number of likely N-dealkylation sites (tertiary alicyclic amines) is 1. The van der Waals surface area contributed by atoms with Gasteiger partial charge in [-0.3, -0.25) is 18.8 Å². The van der Waals surface area contributed by atoms with Crippen molar-refractivity contribution in [1.29, 1.82) is 0 Å². The second-order valence-corrected chi connectivity index (χ2v) is 10.2. The highest BCUT2D eigenvalue weighted by Gasteiger charge is 2.35. The Kier molecular flexibility index (Phi) is 5.79. The molecule has 2 aliphatic heterocycles. The Bertz CT molecular complexity index is 1520. The van der Waals surface area contributed by atoms with E-state index in [4.69, 9.17) is 0 Å². The Hall–Kier alpha value is -3.98. The molecule has 0 radical (unpaired) electrons. The third-order valence-corrected chi connectivity index (χ3v) is 7.75. The summed E-state index contributed by atoms with van der Waals surface area (Å²) in [6, 6.07) is 16.4. The molecule has 9 heteroatoms. The minimum Gasteiger partial charge on any atom is -0.388 e. The zero-order valence-electron chi connectivity index (χ0n) is 20.9. The standard InChI is InChI=1S/C28H30N6O3/c1-31-25-24(16-30-31)27(36)34(19-29-25)18-28(37)10-13-32(14-11-28)26(35)21-7-8-22-17-33(12-9-20(22)15-21)23-5-3-2-4-6-23/h2-8,15-16,19,37H,9-14,17-18H2,1H3. The van der Waals surface area contributed by atoms with Crippen molar-refractivity contribution in [2.24, 2.45) is 7.05 Å². The van der Waals surface area contributed by atoms with Crippen LogP contribution in [0.5, 0.6) is 0 Å². The van der Waals surface area contributed by atoms with E-state index < -0.39 is 5.60 Å². The maximum atomic E-state index is 13.3. The first kappa shape index (κ1) is 23.4. The molecule has 2 aliphatic rings. The van der Waals surface area contributed by atoms with Gasteiger partial charge in [0.25, 0.3) is 11.5 Å². The summed E-state index contributed by atoms with van der Waals surface area (Å²) >= 11 is 0. The lowest BCUT2D eigenvalue weighted by Gasteiger charge is -2.38. The first-order valence-corrected chi connectivity index (χ1v) is 12.7. The van der Waals surface area contributed by atoms with Crippen molar-refractivity contribution >= 4 is 22.6 Å². The molecule has 1 saturated heterocycles. The fraction of sp³-hybridized carbons (Fsp3) is 0.357. The molecule has 4 aromatic rings. The number of aromatic nitrogens is 4. The Balaban J connectivity index is 1.11. The third kappa shape index (κ3) is 4.40. The molecule has 2 aromatic carbocycles. The fourth-order valence-electron chi connectivity index (χ4n) is 5.51. The van der Waals surface area contributed by atoms with Crippen LogP contribution in [0.25, 0.3) is 11.0 Å². The van der Waals surface area contributed by atoms with Crippen LogP contribution in [0.4, 0.5) is 5.69 Å². The summed E-state index contributed by atoms with van der Waals surface area (Å²) in [5.74, 6) is -0.00838. The monoisotopic (exact) mass is 498 g/mol. The normalized spacial score (nSPS) is 17.1. The zero-order valence-corrected chi connectivity index (χ0v) is 20.9. The maximum absolute atomic E-state index is 13.3. The molecule has 1 amide bonds. The molecule has 0 saturated carbocycles. The molecule has 2 aromatic heterocycles. The van der Waals surface area contributed by atoms with E-state index in [1.54, 1.807) is 16.6 Å². The maximum Gasteiger partial charge on any atom is 0.264 e. The molecule has 0 spiro atoms. The van der Waals surface area contributed by atoms with Crippen LogP contribution in [0.2, 0.25) is 0 Å². The molecule has 190 valence electrons. The Morgan fingerprint density at radius 3 is 2.62 bits per heavy atom. The lowest BCUT2D eigenvalue weighted by Crippen LogP contribution is -2.49. The molecule has 0 aliphatic carbocycles. The number of rotatable bonds is 4. The number of carbonyl (C=O) groups excluding carboxylic acids is 1. The van der Waals surface area contributed by atoms with Crippen LogP contribution in [0, 0.1) is 0 Å². The van der Waals surface area contributed by atoms with Crippen molar-refractivity contribution in [2.45, 2.75) is 38.0 Å². The summed E-state index contributed by atoms with van der Waals surface area (Å²) in [4.78, 5) is 34.6. The van der Waals surface area contributed by atoms with E-state index in [1.165, 1.54) is 33.9 Å². The van der Waals surface area contributed by atoms with Crippen LogP contribution in [0.1, 0.15) is 34.3 Å². The van der Waals surface area contributed by atoms with E-state index in [0.717, 1.165) is 19.5 Å². The van der Waals surface area contributed by atoms with Crippen molar-refractivity contribution in [2.75, 3.05) is 24.5 Å². The molecule has 9 nitrogen and oxygen atoms in total. The molecule has 4 heterocycles. The number of para-hydroxylation sites is 1. The predicted molar refractivity (Wildman–Crippen MR) is 140 cm³/mol. The first-order valence-electron chi connectivity index (χ1n) is 12.7. The summed E-state index contributed by atoms with van der Waals surface area (Å²) in [5, 5.41) is 15.7. The number of hydrogen-bond acceptors (Lipinski definition) is 6. The summed E-state index contributed by atoms with van der Waals surface area (Å²) in [6.07, 6.45) is 4.66. The highest BCUT2D eigenvalue weighted by molar-refractivity contribution is 5.94. The molecular weight excluding hydrogens is 468 g/mol. The van der Waals surface area contributed by atoms with Gasteiger partial charge in [-0.05, 0) is 54.7 Å². The van der Waals surface area contributed by atoms with Gasteiger partial charge in [0.15, 0.2) is 5.65 Å². The van der Waals surface area contributed by atoms with E-state index >= 15 is 0 Å². The predicted octanol–water partition coefficient (Wildman–Crippen LogP) is 2.36. The van der Waals surface area contributed by atoms with Gasteiger partial charge in [0.2, 0.25) is 0 Å². The van der Waals surface area contributed by atoms with E-state index in [1.807, 2.05) is 18.2 Å². The second kappa shape index (κ2) is 9.15. The number of nitrogens with zero attached hydrogens (tertiary/aromatic N) is 6. The van der Waals surface area contributed by atoms with Crippen molar-refractivity contribution in [3.05, 3.63) is 88.1 Å². The number of fused-ring (bicyclic) bond motifs is 2. The van der Waals surface area contributed by atoms with E-state index in [-0.39, 0.29) is 18.0 Å². The van der Waals surface area contributed by atoms with Crippen molar-refractivity contribution in [3.8, 4) is 0 Å². The number of carbonyl (C=O) groups is 1. The third-order valence-electron chi connectivity index (χ3n) is 7.75. The van der Waals surface area contributed by atoms with Gasteiger partial charge in [-0.2, -0.15) is 5.10 Å². The number of piperidine rings is 1. The van der Waals surface area contributed by atoms with Crippen molar-refractivity contribution in [1.82, 2.24) is 24.2 Å². The number of aryl methyl sites for hydroxylation is 1. The Morgan fingerprint density at radius 1 is 1.05 bits per heavy atom. The number of aliphatic hydroxyl groups is 1. The van der Waals surface area contributed by atoms with Crippen LogP contribution < -0.4 is 10.5 Å². The molecule has 37 heavy (non-hydrogen) atoms. The van der Waals surface area contributed by atoms with E-state index in [9.17, 15) is 14.7 Å². The molecule has 0 atom stereocenters. The summed E-state index contributed by atoms with van der Waals surface area (Å²) in [7, 11) is 1.74. The highest BCUT2D eigenvalue weighted by atomic mass is 16.3. The van der Waals surface area contributed by atoms with E-state index in [0.29, 0.717) is 42.5 Å². The smallest absolute Gasteiger partial charge is 0.264 e. The number of benzene rings is 2. The SMILES string of the molecule is Cn1ncc2c(=O)n(CC3(O)CCN(C(=O)c4ccc5c(c4)CCN(c4ccccc4)C5)CC3)cnc21. The largest absolute Gasteiger partial charge is 0.388 e. The zero-order chi connectivity index (χ0) is 25.6. The van der Waals surface area contributed by atoms with Crippen LogP contribution >= 0.6 is 0 Å². The average Bonchev–Trinajstić information content (AvgIpc) is 3.31. The van der Waals surface area contributed by atoms with Gasteiger partial charge < -0.3 is 14.9 Å². The summed E-state index contributed by atoms with van der Waals surface area (Å²) in [6.45, 7) is 2.77. The minimum absolute atomic E-state index is 0.00838. The molecule has 6 rings (SSSR count). The Morgan fingerprint density at radius 2 is 1.84 bits per heavy atom. The van der Waals surface area contributed by atoms with Gasteiger partial charge in [0.05, 0.1) is 18.3 Å². The van der Waals surface area contributed by atoms with Crippen LogP contribution in [0.3, 0.4) is 0 Å². The van der Waals surface area contributed by atoms with Crippen LogP contribution in [-0.2, 0) is 26.6 Å². The molecule has 1 N–H and O–H groups in total. The minimum atomic E-state index is -1.07. The first-order chi connectivity index (χ1) is 17.9. The quantitative estimate of drug-likeness (QED) is 0.464. The van der Waals surface area contributed by atoms with Gasteiger partial charge in [0.1, 0.15) is 11.7 Å². The van der Waals surface area contributed by atoms with Gasteiger partial charge >= 0.3 is 0 Å². The van der Waals surface area contributed by atoms with Crippen LogP contribution in [-0.4, -0.2) is 60.5 Å². The van der Waals surface area contributed by atoms with Crippen molar-refractivity contribution in [3.63, 3.8) is 0 Å². The van der Waals surface area contributed by atoms with Gasteiger partial charge in [-0.1, -0.05) is 24.3 Å². The second-order valence-electron chi connectivity index (χ2n) is 10.2. The lowest BCUT2D eigenvalue weighted by atomic mass is 9.90. The van der Waals surface area contributed by atoms with Gasteiger partial charge in [-0.15, -0.1) is 0 Å². The number of hydrogen-bond donors (Lipinski definition) is 1. The molecule has 0 bridgehead atoms.